The molecular weight excluding hydrogens is 218 g/mol. The first-order valence-corrected chi connectivity index (χ1v) is 6.53. The Hall–Kier alpha value is -0.650. The molecule has 0 radical (unpaired) electrons. The molecule has 0 spiro atoms. The van der Waals surface area contributed by atoms with Crippen LogP contribution in [0.15, 0.2) is 0 Å². The van der Waals surface area contributed by atoms with Crippen LogP contribution in [-0.4, -0.2) is 61.3 Å². The monoisotopic (exact) mass is 241 g/mol. The number of piperidine rings is 1. The number of nitrogens with zero attached hydrogens (tertiary/aromatic N) is 1. The van der Waals surface area contributed by atoms with Crippen LogP contribution in [0.5, 0.6) is 0 Å². The topological polar surface area (TPSA) is 64.6 Å². The molecule has 0 aromatic heterocycles. The summed E-state index contributed by atoms with van der Waals surface area (Å²) in [6.45, 7) is 3.53. The van der Waals surface area contributed by atoms with E-state index in [-0.39, 0.29) is 18.1 Å². The molecule has 2 fully saturated rings. The zero-order chi connectivity index (χ0) is 12.3. The molecule has 0 aromatic rings. The Labute approximate surface area is 103 Å². The predicted molar refractivity (Wildman–Crippen MR) is 65.6 cm³/mol. The second kappa shape index (κ2) is 5.80. The van der Waals surface area contributed by atoms with Crippen LogP contribution in [0.2, 0.25) is 0 Å². The van der Waals surface area contributed by atoms with Crippen LogP contribution in [0.3, 0.4) is 0 Å². The first kappa shape index (κ1) is 12.8. The van der Waals surface area contributed by atoms with Gasteiger partial charge in [0.15, 0.2) is 0 Å². The summed E-state index contributed by atoms with van der Waals surface area (Å²) in [5, 5.41) is 15.4. The molecule has 0 aliphatic carbocycles. The van der Waals surface area contributed by atoms with Crippen LogP contribution in [0.25, 0.3) is 0 Å². The number of β-amino-alcohol motifs (C(OH)–C–C–N with tert-alkyl or cyclic N) is 1. The first-order chi connectivity index (χ1) is 8.15. The van der Waals surface area contributed by atoms with Crippen molar-refractivity contribution < 1.29 is 9.90 Å². The van der Waals surface area contributed by atoms with Gasteiger partial charge in [-0.15, -0.1) is 0 Å². The second-order valence-electron chi connectivity index (χ2n) is 5.37. The lowest BCUT2D eigenvalue weighted by molar-refractivity contribution is -0.123. The number of amides is 1. The van der Waals surface area contributed by atoms with Gasteiger partial charge in [-0.3, -0.25) is 4.79 Å². The van der Waals surface area contributed by atoms with Crippen molar-refractivity contribution in [3.8, 4) is 0 Å². The lowest BCUT2D eigenvalue weighted by Gasteiger charge is -2.30. The lowest BCUT2D eigenvalue weighted by Crippen LogP contribution is -2.44. The number of hydrogen-bond donors (Lipinski definition) is 3. The first-order valence-electron chi connectivity index (χ1n) is 6.53. The predicted octanol–water partition coefficient (Wildman–Crippen LogP) is -0.833. The highest BCUT2D eigenvalue weighted by Gasteiger charge is 2.28. The fourth-order valence-corrected chi connectivity index (χ4v) is 2.72. The number of aliphatic hydroxyl groups is 1. The Balaban J connectivity index is 1.69. The molecule has 1 amide bonds. The number of likely N-dealkylation sites (tertiary alicyclic amines) is 1. The van der Waals surface area contributed by atoms with E-state index in [1.807, 2.05) is 0 Å². The minimum atomic E-state index is -0.369. The minimum absolute atomic E-state index is 0.0368. The normalized spacial score (nSPS) is 34.8. The molecule has 3 N–H and O–H groups in total. The van der Waals surface area contributed by atoms with E-state index in [1.54, 1.807) is 0 Å². The number of aliphatic hydroxyl groups excluding tert-OH is 1. The van der Waals surface area contributed by atoms with E-state index in [9.17, 15) is 9.90 Å². The largest absolute Gasteiger partial charge is 0.392 e. The Bertz CT molecular complexity index is 272. The fraction of sp³-hybridized carbons (Fsp3) is 0.917. The van der Waals surface area contributed by atoms with Gasteiger partial charge in [0.25, 0.3) is 0 Å². The van der Waals surface area contributed by atoms with E-state index in [2.05, 4.69) is 22.6 Å². The van der Waals surface area contributed by atoms with Gasteiger partial charge in [-0.25, -0.2) is 0 Å². The van der Waals surface area contributed by atoms with Crippen molar-refractivity contribution in [2.24, 2.45) is 5.92 Å². The summed E-state index contributed by atoms with van der Waals surface area (Å²) in [7, 11) is 2.13. The van der Waals surface area contributed by atoms with Crippen molar-refractivity contribution in [2.45, 2.75) is 31.4 Å². The summed E-state index contributed by atoms with van der Waals surface area (Å²) in [6, 6.07) is -0.202. The van der Waals surface area contributed by atoms with E-state index < -0.39 is 0 Å². The highest BCUT2D eigenvalue weighted by Crippen LogP contribution is 2.14. The van der Waals surface area contributed by atoms with Gasteiger partial charge in [-0.05, 0) is 38.8 Å². The zero-order valence-corrected chi connectivity index (χ0v) is 10.5. The van der Waals surface area contributed by atoms with Crippen molar-refractivity contribution >= 4 is 5.91 Å². The van der Waals surface area contributed by atoms with Gasteiger partial charge in [0.1, 0.15) is 0 Å². The van der Waals surface area contributed by atoms with E-state index >= 15 is 0 Å². The molecule has 2 heterocycles. The average molecular weight is 241 g/mol. The summed E-state index contributed by atoms with van der Waals surface area (Å²) in [4.78, 5) is 14.1. The maximum Gasteiger partial charge on any atom is 0.237 e. The van der Waals surface area contributed by atoms with Crippen molar-refractivity contribution in [3.05, 3.63) is 0 Å². The van der Waals surface area contributed by atoms with Gasteiger partial charge < -0.3 is 20.6 Å². The molecule has 3 atom stereocenters. The van der Waals surface area contributed by atoms with Gasteiger partial charge in [-0.2, -0.15) is 0 Å². The summed E-state index contributed by atoms with van der Waals surface area (Å²) >= 11 is 0. The molecule has 5 nitrogen and oxygen atoms in total. The van der Waals surface area contributed by atoms with Gasteiger partial charge in [-0.1, -0.05) is 0 Å². The number of nitrogens with one attached hydrogen (secondary N) is 2. The van der Waals surface area contributed by atoms with Crippen LogP contribution in [0.1, 0.15) is 19.3 Å². The molecule has 0 bridgehead atoms. The molecule has 2 saturated heterocycles. The smallest absolute Gasteiger partial charge is 0.237 e. The van der Waals surface area contributed by atoms with Crippen LogP contribution in [-0.2, 0) is 4.79 Å². The standard InChI is InChI=1S/C12H23N3O2/c1-15-4-2-3-9(8-15)6-14-12(17)11-5-10(16)7-13-11/h9-11,13,16H,2-8H2,1H3,(H,14,17). The number of hydrogen-bond acceptors (Lipinski definition) is 4. The van der Waals surface area contributed by atoms with E-state index in [1.165, 1.54) is 19.4 Å². The van der Waals surface area contributed by atoms with Crippen LogP contribution in [0.4, 0.5) is 0 Å². The summed E-state index contributed by atoms with van der Waals surface area (Å²) < 4.78 is 0. The Morgan fingerprint density at radius 2 is 2.41 bits per heavy atom. The molecule has 2 aliphatic rings. The van der Waals surface area contributed by atoms with E-state index in [0.717, 1.165) is 13.1 Å². The summed E-state index contributed by atoms with van der Waals surface area (Å²) in [5.74, 6) is 0.610. The van der Waals surface area contributed by atoms with Crippen molar-refractivity contribution in [2.75, 3.05) is 33.2 Å². The maximum absolute atomic E-state index is 11.8. The van der Waals surface area contributed by atoms with Crippen molar-refractivity contribution in [1.29, 1.82) is 0 Å². The molecule has 3 unspecified atom stereocenters. The molecule has 2 aliphatic heterocycles. The molecule has 0 saturated carbocycles. The molecule has 2 rings (SSSR count). The van der Waals surface area contributed by atoms with E-state index in [4.69, 9.17) is 0 Å². The molecule has 17 heavy (non-hydrogen) atoms. The van der Waals surface area contributed by atoms with Crippen LogP contribution >= 0.6 is 0 Å². The van der Waals surface area contributed by atoms with E-state index in [0.29, 0.717) is 18.9 Å². The highest BCUT2D eigenvalue weighted by atomic mass is 16.3. The molecule has 98 valence electrons. The molecule has 5 heteroatoms. The Kier molecular flexibility index (Phi) is 4.36. The fourth-order valence-electron chi connectivity index (χ4n) is 2.72. The average Bonchev–Trinajstić information content (AvgIpc) is 2.73. The lowest BCUT2D eigenvalue weighted by atomic mass is 9.98. The third-order valence-electron chi connectivity index (χ3n) is 3.71. The van der Waals surface area contributed by atoms with Gasteiger partial charge >= 0.3 is 0 Å². The van der Waals surface area contributed by atoms with Gasteiger partial charge in [0.2, 0.25) is 5.91 Å². The SMILES string of the molecule is CN1CCCC(CNC(=O)C2CC(O)CN2)C1. The summed E-state index contributed by atoms with van der Waals surface area (Å²) in [6.07, 6.45) is 2.59. The Morgan fingerprint density at radius 3 is 3.06 bits per heavy atom. The number of carbonyl (C=O) groups is 1. The van der Waals surface area contributed by atoms with Crippen molar-refractivity contribution in [1.82, 2.24) is 15.5 Å². The maximum atomic E-state index is 11.8. The zero-order valence-electron chi connectivity index (χ0n) is 10.5. The summed E-state index contributed by atoms with van der Waals surface area (Å²) in [5.41, 5.74) is 0. The third kappa shape index (κ3) is 3.66. The third-order valence-corrected chi connectivity index (χ3v) is 3.71. The van der Waals surface area contributed by atoms with Gasteiger partial charge in [0.05, 0.1) is 12.1 Å². The second-order valence-corrected chi connectivity index (χ2v) is 5.37. The van der Waals surface area contributed by atoms with Crippen LogP contribution in [0, 0.1) is 5.92 Å². The highest BCUT2D eigenvalue weighted by molar-refractivity contribution is 5.82. The Morgan fingerprint density at radius 1 is 1.59 bits per heavy atom. The van der Waals surface area contributed by atoms with Crippen molar-refractivity contribution in [3.63, 3.8) is 0 Å². The van der Waals surface area contributed by atoms with Gasteiger partial charge in [0, 0.05) is 19.6 Å². The number of carbonyl (C=O) groups excluding carboxylic acids is 1. The number of rotatable bonds is 3. The minimum Gasteiger partial charge on any atom is -0.392 e. The quantitative estimate of drug-likeness (QED) is 0.603. The van der Waals surface area contributed by atoms with Crippen LogP contribution < -0.4 is 10.6 Å². The molecular formula is C12H23N3O2. The molecule has 0 aromatic carbocycles.